The first kappa shape index (κ1) is 9.78. The summed E-state index contributed by atoms with van der Waals surface area (Å²) in [5, 5.41) is 0. The summed E-state index contributed by atoms with van der Waals surface area (Å²) < 4.78 is 5.39. The highest BCUT2D eigenvalue weighted by atomic mass is 16.5. The van der Waals surface area contributed by atoms with Crippen molar-refractivity contribution in [2.45, 2.75) is 6.92 Å². The summed E-state index contributed by atoms with van der Waals surface area (Å²) in [5.41, 5.74) is 2.41. The normalized spacial score (nSPS) is 9.93. The van der Waals surface area contributed by atoms with Crippen molar-refractivity contribution in [1.82, 2.24) is 0 Å². The van der Waals surface area contributed by atoms with Crippen molar-refractivity contribution < 1.29 is 4.74 Å². The molecule has 0 bridgehead atoms. The van der Waals surface area contributed by atoms with Crippen LogP contribution in [0.3, 0.4) is 0 Å². The minimum Gasteiger partial charge on any atom is -0.494 e. The van der Waals surface area contributed by atoms with Crippen molar-refractivity contribution in [2.24, 2.45) is 0 Å². The van der Waals surface area contributed by atoms with Crippen molar-refractivity contribution in [3.8, 4) is 16.9 Å². The quantitative estimate of drug-likeness (QED) is 0.731. The van der Waals surface area contributed by atoms with Gasteiger partial charge < -0.3 is 4.74 Å². The second-order valence-corrected chi connectivity index (χ2v) is 3.25. The fourth-order valence-corrected chi connectivity index (χ4v) is 1.49. The van der Waals surface area contributed by atoms with Crippen molar-refractivity contribution in [2.75, 3.05) is 6.61 Å². The molecule has 0 saturated heterocycles. The Morgan fingerprint density at radius 1 is 0.933 bits per heavy atom. The van der Waals surface area contributed by atoms with Crippen LogP contribution in [0.2, 0.25) is 0 Å². The van der Waals surface area contributed by atoms with Crippen molar-refractivity contribution >= 4 is 0 Å². The van der Waals surface area contributed by atoms with Gasteiger partial charge >= 0.3 is 0 Å². The van der Waals surface area contributed by atoms with E-state index in [4.69, 9.17) is 4.74 Å². The van der Waals surface area contributed by atoms with Gasteiger partial charge in [-0.25, -0.2) is 0 Å². The Bertz CT molecular complexity index is 403. The standard InChI is InChI=1S/C14H13O/c1-2-15-14-10-8-13(9-11-14)12-6-4-3-5-7-12/h4-11H,2H2,1H3. The molecule has 0 aromatic heterocycles. The summed E-state index contributed by atoms with van der Waals surface area (Å²) in [4.78, 5) is 0. The van der Waals surface area contributed by atoms with Crippen LogP contribution in [0.5, 0.6) is 5.75 Å². The first-order valence-electron chi connectivity index (χ1n) is 5.09. The molecule has 0 spiro atoms. The van der Waals surface area contributed by atoms with E-state index in [1.54, 1.807) is 0 Å². The molecule has 15 heavy (non-hydrogen) atoms. The molecular formula is C14H13O. The molecule has 0 N–H and O–H groups in total. The zero-order chi connectivity index (χ0) is 10.5. The predicted molar refractivity (Wildman–Crippen MR) is 61.9 cm³/mol. The highest BCUT2D eigenvalue weighted by Gasteiger charge is 1.96. The van der Waals surface area contributed by atoms with Crippen LogP contribution in [0.25, 0.3) is 11.1 Å². The topological polar surface area (TPSA) is 9.23 Å². The van der Waals surface area contributed by atoms with E-state index in [2.05, 4.69) is 30.3 Å². The molecule has 0 aliphatic rings. The van der Waals surface area contributed by atoms with E-state index >= 15 is 0 Å². The maximum Gasteiger partial charge on any atom is 0.119 e. The summed E-state index contributed by atoms with van der Waals surface area (Å²) >= 11 is 0. The van der Waals surface area contributed by atoms with Gasteiger partial charge in [-0.05, 0) is 36.2 Å². The molecule has 75 valence electrons. The lowest BCUT2D eigenvalue weighted by Gasteiger charge is -2.04. The SMILES string of the molecule is CCOc1ccc(-c2cc[c]cc2)cc1. The van der Waals surface area contributed by atoms with Gasteiger partial charge in [-0.1, -0.05) is 36.4 Å². The fourth-order valence-electron chi connectivity index (χ4n) is 1.49. The van der Waals surface area contributed by atoms with Crippen LogP contribution < -0.4 is 4.74 Å². The van der Waals surface area contributed by atoms with Gasteiger partial charge in [0.25, 0.3) is 0 Å². The Morgan fingerprint density at radius 3 is 2.13 bits per heavy atom. The molecule has 0 aliphatic heterocycles. The van der Waals surface area contributed by atoms with Gasteiger partial charge in [0.1, 0.15) is 5.75 Å². The number of benzene rings is 2. The molecule has 0 fully saturated rings. The van der Waals surface area contributed by atoms with E-state index in [0.29, 0.717) is 6.61 Å². The first-order valence-corrected chi connectivity index (χ1v) is 5.09. The van der Waals surface area contributed by atoms with E-state index in [9.17, 15) is 0 Å². The maximum atomic E-state index is 5.39. The minimum absolute atomic E-state index is 0.708. The molecular weight excluding hydrogens is 184 g/mol. The third-order valence-electron chi connectivity index (χ3n) is 2.22. The molecule has 0 saturated carbocycles. The molecule has 1 radical (unpaired) electrons. The van der Waals surface area contributed by atoms with Crippen LogP contribution in [-0.4, -0.2) is 6.61 Å². The summed E-state index contributed by atoms with van der Waals surface area (Å²) in [6, 6.07) is 19.1. The summed E-state index contributed by atoms with van der Waals surface area (Å²) in [7, 11) is 0. The minimum atomic E-state index is 0.708. The zero-order valence-electron chi connectivity index (χ0n) is 8.73. The maximum absolute atomic E-state index is 5.39. The molecule has 1 nitrogen and oxygen atoms in total. The molecule has 2 aromatic rings. The number of hydrogen-bond donors (Lipinski definition) is 0. The Hall–Kier alpha value is -1.76. The Morgan fingerprint density at radius 2 is 1.53 bits per heavy atom. The average Bonchev–Trinajstić information content (AvgIpc) is 2.32. The molecule has 1 heteroatoms. The first-order chi connectivity index (χ1) is 7.40. The molecule has 0 heterocycles. The molecule has 0 aliphatic carbocycles. The van der Waals surface area contributed by atoms with Crippen LogP contribution in [0.4, 0.5) is 0 Å². The predicted octanol–water partition coefficient (Wildman–Crippen LogP) is 3.55. The van der Waals surface area contributed by atoms with Crippen LogP contribution in [0.1, 0.15) is 6.92 Å². The lowest BCUT2D eigenvalue weighted by atomic mass is 10.1. The molecule has 0 amide bonds. The van der Waals surface area contributed by atoms with Gasteiger partial charge in [-0.2, -0.15) is 0 Å². The van der Waals surface area contributed by atoms with Crippen molar-refractivity contribution in [3.05, 3.63) is 54.6 Å². The second-order valence-electron chi connectivity index (χ2n) is 3.25. The largest absolute Gasteiger partial charge is 0.494 e. The average molecular weight is 197 g/mol. The van der Waals surface area contributed by atoms with E-state index in [-0.39, 0.29) is 0 Å². The lowest BCUT2D eigenvalue weighted by molar-refractivity contribution is 0.340. The third-order valence-corrected chi connectivity index (χ3v) is 2.22. The third kappa shape index (κ3) is 2.38. The van der Waals surface area contributed by atoms with Crippen LogP contribution in [-0.2, 0) is 0 Å². The summed E-state index contributed by atoms with van der Waals surface area (Å²) in [6.07, 6.45) is 0. The second kappa shape index (κ2) is 4.65. The van der Waals surface area contributed by atoms with Gasteiger partial charge in [0.2, 0.25) is 0 Å². The van der Waals surface area contributed by atoms with Gasteiger partial charge in [0.05, 0.1) is 6.61 Å². The van der Waals surface area contributed by atoms with E-state index in [1.165, 1.54) is 11.1 Å². The van der Waals surface area contributed by atoms with Crippen LogP contribution in [0, 0.1) is 6.07 Å². The highest BCUT2D eigenvalue weighted by Crippen LogP contribution is 2.21. The van der Waals surface area contributed by atoms with Crippen molar-refractivity contribution in [1.29, 1.82) is 0 Å². The van der Waals surface area contributed by atoms with Crippen molar-refractivity contribution in [3.63, 3.8) is 0 Å². The molecule has 0 atom stereocenters. The lowest BCUT2D eigenvalue weighted by Crippen LogP contribution is -1.90. The number of hydrogen-bond acceptors (Lipinski definition) is 1. The van der Waals surface area contributed by atoms with E-state index in [0.717, 1.165) is 5.75 Å². The summed E-state index contributed by atoms with van der Waals surface area (Å²) in [6.45, 7) is 2.70. The van der Waals surface area contributed by atoms with Gasteiger partial charge in [-0.3, -0.25) is 0 Å². The Labute approximate surface area is 90.3 Å². The monoisotopic (exact) mass is 197 g/mol. The molecule has 2 rings (SSSR count). The van der Waals surface area contributed by atoms with Gasteiger partial charge in [-0.15, -0.1) is 0 Å². The Kier molecular flexibility index (Phi) is 3.03. The van der Waals surface area contributed by atoms with E-state index in [1.807, 2.05) is 31.2 Å². The summed E-state index contributed by atoms with van der Waals surface area (Å²) in [5.74, 6) is 0.920. The van der Waals surface area contributed by atoms with Crippen LogP contribution >= 0.6 is 0 Å². The smallest absolute Gasteiger partial charge is 0.119 e. The number of rotatable bonds is 3. The molecule has 2 aromatic carbocycles. The van der Waals surface area contributed by atoms with Crippen LogP contribution in [0.15, 0.2) is 48.5 Å². The van der Waals surface area contributed by atoms with Gasteiger partial charge in [0.15, 0.2) is 0 Å². The molecule has 0 unspecified atom stereocenters. The Balaban J connectivity index is 2.24. The highest BCUT2D eigenvalue weighted by molar-refractivity contribution is 5.63. The van der Waals surface area contributed by atoms with Gasteiger partial charge in [0, 0.05) is 0 Å². The number of ether oxygens (including phenoxy) is 1. The van der Waals surface area contributed by atoms with E-state index < -0.39 is 0 Å². The zero-order valence-corrected chi connectivity index (χ0v) is 8.73. The fraction of sp³-hybridized carbons (Fsp3) is 0.143.